The Hall–Kier alpha value is -3.20. The SMILES string of the molecule is CCN(CCN=O)C1=CC(=O)C(Nc2cc(C)c(NN)cc2O)=CC1=O. The summed E-state index contributed by atoms with van der Waals surface area (Å²) in [5.41, 5.74) is 4.29. The number of allylic oxidation sites excluding steroid dienone is 2. The van der Waals surface area contributed by atoms with Crippen LogP contribution in [0.15, 0.2) is 40.9 Å². The predicted octanol–water partition coefficient (Wildman–Crippen LogP) is 1.41. The van der Waals surface area contributed by atoms with Crippen LogP contribution in [0.25, 0.3) is 0 Å². The quantitative estimate of drug-likeness (QED) is 0.180. The number of nitrogens with one attached hydrogen (secondary N) is 2. The summed E-state index contributed by atoms with van der Waals surface area (Å²) in [6, 6.07) is 3.02. The van der Waals surface area contributed by atoms with Gasteiger partial charge in [0.2, 0.25) is 11.6 Å². The number of anilines is 2. The highest BCUT2D eigenvalue weighted by atomic mass is 16.3. The van der Waals surface area contributed by atoms with E-state index in [0.717, 1.165) is 5.56 Å². The van der Waals surface area contributed by atoms with Crippen molar-refractivity contribution in [3.63, 3.8) is 0 Å². The molecule has 0 aliphatic heterocycles. The van der Waals surface area contributed by atoms with Gasteiger partial charge in [0.1, 0.15) is 5.75 Å². The lowest BCUT2D eigenvalue weighted by Crippen LogP contribution is -2.32. The Labute approximate surface area is 150 Å². The van der Waals surface area contributed by atoms with Crippen molar-refractivity contribution in [2.75, 3.05) is 30.4 Å². The third-order valence-electron chi connectivity index (χ3n) is 4.01. The van der Waals surface area contributed by atoms with E-state index < -0.39 is 5.78 Å². The Morgan fingerprint density at radius 2 is 1.92 bits per heavy atom. The van der Waals surface area contributed by atoms with Crippen molar-refractivity contribution in [2.24, 2.45) is 11.0 Å². The fourth-order valence-electron chi connectivity index (χ4n) is 2.60. The zero-order chi connectivity index (χ0) is 19.3. The van der Waals surface area contributed by atoms with Crippen molar-refractivity contribution in [3.05, 3.63) is 46.1 Å². The van der Waals surface area contributed by atoms with Crippen molar-refractivity contribution in [1.29, 1.82) is 0 Å². The van der Waals surface area contributed by atoms with Crippen molar-refractivity contribution in [1.82, 2.24) is 4.90 Å². The van der Waals surface area contributed by atoms with Gasteiger partial charge in [0.05, 0.1) is 29.3 Å². The first-order chi connectivity index (χ1) is 12.4. The number of ketones is 2. The third kappa shape index (κ3) is 4.06. The van der Waals surface area contributed by atoms with Gasteiger partial charge in [-0.25, -0.2) is 0 Å². The van der Waals surface area contributed by atoms with Gasteiger partial charge < -0.3 is 20.7 Å². The molecule has 138 valence electrons. The average Bonchev–Trinajstić information content (AvgIpc) is 2.62. The molecule has 9 nitrogen and oxygen atoms in total. The minimum atomic E-state index is -0.407. The molecule has 2 rings (SSSR count). The Morgan fingerprint density at radius 1 is 1.19 bits per heavy atom. The second-order valence-electron chi connectivity index (χ2n) is 5.70. The topological polar surface area (TPSA) is 137 Å². The van der Waals surface area contributed by atoms with Gasteiger partial charge in [-0.3, -0.25) is 15.4 Å². The van der Waals surface area contributed by atoms with E-state index in [2.05, 4.69) is 15.9 Å². The first-order valence-corrected chi connectivity index (χ1v) is 8.04. The van der Waals surface area contributed by atoms with Crippen LogP contribution in [0.3, 0.4) is 0 Å². The van der Waals surface area contributed by atoms with E-state index in [-0.39, 0.29) is 41.7 Å². The molecule has 0 radical (unpaired) electrons. The van der Waals surface area contributed by atoms with E-state index in [4.69, 9.17) is 5.84 Å². The summed E-state index contributed by atoms with van der Waals surface area (Å²) >= 11 is 0. The highest BCUT2D eigenvalue weighted by Gasteiger charge is 2.24. The van der Waals surface area contributed by atoms with Crippen molar-refractivity contribution in [3.8, 4) is 5.75 Å². The summed E-state index contributed by atoms with van der Waals surface area (Å²) in [4.78, 5) is 36.7. The van der Waals surface area contributed by atoms with Gasteiger partial charge in [-0.15, -0.1) is 0 Å². The molecule has 26 heavy (non-hydrogen) atoms. The molecular formula is C17H21N5O4. The van der Waals surface area contributed by atoms with Gasteiger partial charge in [-0.05, 0) is 25.5 Å². The van der Waals surface area contributed by atoms with Crippen LogP contribution in [0.4, 0.5) is 11.4 Å². The second kappa shape index (κ2) is 8.26. The maximum atomic E-state index is 12.4. The van der Waals surface area contributed by atoms with Crippen LogP contribution in [-0.4, -0.2) is 41.2 Å². The Balaban J connectivity index is 2.23. The molecule has 1 aliphatic carbocycles. The number of phenols is 1. The minimum absolute atomic E-state index is 0.0240. The number of aryl methyl sites for hydroxylation is 1. The summed E-state index contributed by atoms with van der Waals surface area (Å²) in [6.45, 7) is 4.34. The zero-order valence-corrected chi connectivity index (χ0v) is 14.6. The second-order valence-corrected chi connectivity index (χ2v) is 5.70. The molecule has 9 heteroatoms. The molecule has 0 unspecified atom stereocenters. The van der Waals surface area contributed by atoms with Crippen LogP contribution in [0.5, 0.6) is 5.75 Å². The lowest BCUT2D eigenvalue weighted by molar-refractivity contribution is -0.116. The molecule has 0 atom stereocenters. The molecule has 0 spiro atoms. The maximum Gasteiger partial charge on any atom is 0.204 e. The lowest BCUT2D eigenvalue weighted by atomic mass is 10.0. The molecule has 0 saturated carbocycles. The lowest BCUT2D eigenvalue weighted by Gasteiger charge is -2.25. The van der Waals surface area contributed by atoms with E-state index in [1.807, 2.05) is 6.92 Å². The Bertz CT molecular complexity index is 801. The number of likely N-dealkylation sites (N-methyl/N-ethyl adjacent to an activating group) is 1. The summed E-state index contributed by atoms with van der Waals surface area (Å²) in [6.07, 6.45) is 2.40. The van der Waals surface area contributed by atoms with E-state index in [9.17, 15) is 19.6 Å². The normalized spacial score (nSPS) is 13.8. The number of rotatable bonds is 8. The van der Waals surface area contributed by atoms with E-state index >= 15 is 0 Å². The number of nitrogens with zero attached hydrogens (tertiary/aromatic N) is 2. The Morgan fingerprint density at radius 3 is 2.54 bits per heavy atom. The number of hydrogen-bond donors (Lipinski definition) is 4. The zero-order valence-electron chi connectivity index (χ0n) is 14.6. The van der Waals surface area contributed by atoms with Gasteiger partial charge in [0.15, 0.2) is 0 Å². The van der Waals surface area contributed by atoms with Crippen LogP contribution in [0.1, 0.15) is 12.5 Å². The molecule has 1 aromatic rings. The van der Waals surface area contributed by atoms with Crippen molar-refractivity contribution in [2.45, 2.75) is 13.8 Å². The number of benzene rings is 1. The highest BCUT2D eigenvalue weighted by molar-refractivity contribution is 6.20. The van der Waals surface area contributed by atoms with Crippen LogP contribution in [0, 0.1) is 11.8 Å². The summed E-state index contributed by atoms with van der Waals surface area (Å²) in [5.74, 6) is 4.46. The summed E-state index contributed by atoms with van der Waals surface area (Å²) in [7, 11) is 0. The molecule has 0 fully saturated rings. The van der Waals surface area contributed by atoms with Crippen molar-refractivity contribution >= 4 is 22.9 Å². The molecule has 0 bridgehead atoms. The number of hydrazine groups is 1. The maximum absolute atomic E-state index is 12.4. The number of nitroso groups, excluding NO2 is 1. The van der Waals surface area contributed by atoms with Crippen LogP contribution in [-0.2, 0) is 9.59 Å². The monoisotopic (exact) mass is 359 g/mol. The van der Waals surface area contributed by atoms with Crippen LogP contribution >= 0.6 is 0 Å². The van der Waals surface area contributed by atoms with E-state index in [0.29, 0.717) is 12.2 Å². The number of phenolic OH excluding ortho intramolecular Hbond substituents is 1. The van der Waals surface area contributed by atoms with Gasteiger partial charge in [0, 0.05) is 31.3 Å². The third-order valence-corrected chi connectivity index (χ3v) is 4.01. The fourth-order valence-corrected chi connectivity index (χ4v) is 2.60. The van der Waals surface area contributed by atoms with Gasteiger partial charge in [0.25, 0.3) is 0 Å². The largest absolute Gasteiger partial charge is 0.506 e. The van der Waals surface area contributed by atoms with Crippen LogP contribution in [0.2, 0.25) is 0 Å². The Kier molecular flexibility index (Phi) is 6.07. The molecular weight excluding hydrogens is 338 g/mol. The van der Waals surface area contributed by atoms with Crippen molar-refractivity contribution < 1.29 is 14.7 Å². The standard InChI is InChI=1S/C17H21N5O4/c1-3-22(5-4-19-26)14-9-16(24)13(8-17(14)25)20-12-6-10(2)11(21-18)7-15(12)23/h6-9,20-21,23H,3-5,18H2,1-2H3. The smallest absolute Gasteiger partial charge is 0.204 e. The van der Waals surface area contributed by atoms with E-state index in [1.54, 1.807) is 17.9 Å². The molecule has 0 aromatic heterocycles. The number of hydrogen-bond acceptors (Lipinski definition) is 9. The number of aromatic hydroxyl groups is 1. The molecule has 0 amide bonds. The average molecular weight is 359 g/mol. The number of carbonyl (C=O) groups excluding carboxylic acids is 2. The summed E-state index contributed by atoms with van der Waals surface area (Å²) < 4.78 is 0. The summed E-state index contributed by atoms with van der Waals surface area (Å²) in [5, 5.41) is 15.6. The molecule has 0 heterocycles. The molecule has 5 N–H and O–H groups in total. The first kappa shape index (κ1) is 19.1. The number of nitrogen functional groups attached to an aromatic ring is 1. The van der Waals surface area contributed by atoms with Crippen LogP contribution < -0.4 is 16.6 Å². The number of nitrogens with two attached hydrogens (primary N) is 1. The molecule has 1 aliphatic rings. The predicted molar refractivity (Wildman–Crippen MR) is 98.4 cm³/mol. The number of carbonyl (C=O) groups is 2. The van der Waals surface area contributed by atoms with Gasteiger partial charge in [-0.2, -0.15) is 4.91 Å². The highest BCUT2D eigenvalue weighted by Crippen LogP contribution is 2.31. The molecule has 0 saturated heterocycles. The minimum Gasteiger partial charge on any atom is -0.506 e. The van der Waals surface area contributed by atoms with Gasteiger partial charge in [-0.1, -0.05) is 5.18 Å². The fraction of sp³-hybridized carbons (Fsp3) is 0.294. The first-order valence-electron chi connectivity index (χ1n) is 8.04. The van der Waals surface area contributed by atoms with E-state index in [1.165, 1.54) is 18.2 Å². The molecule has 1 aromatic carbocycles. The van der Waals surface area contributed by atoms with Gasteiger partial charge >= 0.3 is 0 Å².